The van der Waals surface area contributed by atoms with E-state index in [-0.39, 0.29) is 18.9 Å². The van der Waals surface area contributed by atoms with Crippen LogP contribution in [0.15, 0.2) is 24.3 Å². The molecule has 1 aliphatic rings. The second-order valence-corrected chi connectivity index (χ2v) is 6.18. The summed E-state index contributed by atoms with van der Waals surface area (Å²) in [5.74, 6) is -3.65. The number of carbonyl (C=O) groups excluding carboxylic acids is 3. The number of carbonyl (C=O) groups is 4. The maximum atomic E-state index is 13.0. The first kappa shape index (κ1) is 19.4. The Kier molecular flexibility index (Phi) is 5.91. The van der Waals surface area contributed by atoms with Gasteiger partial charge in [0.15, 0.2) is 0 Å². The van der Waals surface area contributed by atoms with Crippen LogP contribution in [0.1, 0.15) is 20.3 Å². The van der Waals surface area contributed by atoms with E-state index < -0.39 is 41.6 Å². The Morgan fingerprint density at radius 1 is 1.15 bits per heavy atom. The number of carboxylic acid groups (broad SMARTS) is 1. The second kappa shape index (κ2) is 7.94. The maximum absolute atomic E-state index is 13.0. The predicted molar refractivity (Wildman–Crippen MR) is 89.7 cm³/mol. The van der Waals surface area contributed by atoms with Gasteiger partial charge in [0.1, 0.15) is 17.9 Å². The van der Waals surface area contributed by atoms with Crippen LogP contribution >= 0.6 is 0 Å². The quantitative estimate of drug-likeness (QED) is 0.669. The van der Waals surface area contributed by atoms with Crippen molar-refractivity contribution in [1.82, 2.24) is 10.6 Å². The van der Waals surface area contributed by atoms with E-state index in [4.69, 9.17) is 5.11 Å². The predicted octanol–water partition coefficient (Wildman–Crippen LogP) is 0.273. The Balaban J connectivity index is 1.94. The molecule has 26 heavy (non-hydrogen) atoms. The summed E-state index contributed by atoms with van der Waals surface area (Å²) in [6.07, 6.45) is -0.0247. The molecular formula is C17H20FN3O5. The van der Waals surface area contributed by atoms with Crippen LogP contribution in [0.25, 0.3) is 0 Å². The zero-order chi connectivity index (χ0) is 19.4. The molecule has 0 aliphatic carbocycles. The molecule has 1 heterocycles. The van der Waals surface area contributed by atoms with Gasteiger partial charge in [-0.15, -0.1) is 0 Å². The molecular weight excluding hydrogens is 345 g/mol. The molecule has 2 rings (SSSR count). The number of amides is 3. The molecule has 0 radical (unpaired) electrons. The third kappa shape index (κ3) is 4.56. The highest BCUT2D eigenvalue weighted by Crippen LogP contribution is 2.25. The zero-order valence-corrected chi connectivity index (χ0v) is 14.4. The van der Waals surface area contributed by atoms with Crippen LogP contribution in [-0.2, 0) is 19.2 Å². The van der Waals surface area contributed by atoms with E-state index in [1.165, 1.54) is 43.0 Å². The number of rotatable bonds is 6. The van der Waals surface area contributed by atoms with Crippen molar-refractivity contribution in [1.29, 1.82) is 0 Å². The molecule has 9 heteroatoms. The highest BCUT2D eigenvalue weighted by Gasteiger charge is 2.36. The average Bonchev–Trinajstić information content (AvgIpc) is 2.97. The number of hydrogen-bond donors (Lipinski definition) is 3. The fourth-order valence-corrected chi connectivity index (χ4v) is 2.55. The van der Waals surface area contributed by atoms with Gasteiger partial charge >= 0.3 is 5.97 Å². The van der Waals surface area contributed by atoms with Crippen LogP contribution < -0.4 is 15.5 Å². The lowest BCUT2D eigenvalue weighted by Gasteiger charge is -2.19. The number of carboxylic acids is 1. The molecule has 1 fully saturated rings. The first-order chi connectivity index (χ1) is 12.2. The molecule has 3 N–H and O–H groups in total. The largest absolute Gasteiger partial charge is 0.480 e. The lowest BCUT2D eigenvalue weighted by atomic mass is 10.1. The molecule has 0 spiro atoms. The summed E-state index contributed by atoms with van der Waals surface area (Å²) in [6.45, 7) is 2.86. The van der Waals surface area contributed by atoms with Gasteiger partial charge in [-0.3, -0.25) is 19.2 Å². The summed E-state index contributed by atoms with van der Waals surface area (Å²) in [5, 5.41) is 13.5. The second-order valence-electron chi connectivity index (χ2n) is 6.18. The highest BCUT2D eigenvalue weighted by molar-refractivity contribution is 6.01. The molecule has 1 aliphatic heterocycles. The van der Waals surface area contributed by atoms with Gasteiger partial charge < -0.3 is 20.6 Å². The van der Waals surface area contributed by atoms with Gasteiger partial charge in [0, 0.05) is 18.7 Å². The van der Waals surface area contributed by atoms with E-state index in [2.05, 4.69) is 10.6 Å². The molecule has 3 atom stereocenters. The number of anilines is 1. The van der Waals surface area contributed by atoms with Gasteiger partial charge in [-0.05, 0) is 38.1 Å². The average molecular weight is 365 g/mol. The fourth-order valence-electron chi connectivity index (χ4n) is 2.55. The van der Waals surface area contributed by atoms with Crippen LogP contribution in [0.3, 0.4) is 0 Å². The maximum Gasteiger partial charge on any atom is 0.325 e. The van der Waals surface area contributed by atoms with Crippen LogP contribution in [0.5, 0.6) is 0 Å². The first-order valence-corrected chi connectivity index (χ1v) is 8.08. The Morgan fingerprint density at radius 2 is 1.77 bits per heavy atom. The van der Waals surface area contributed by atoms with Crippen molar-refractivity contribution in [2.75, 3.05) is 11.4 Å². The van der Waals surface area contributed by atoms with Crippen molar-refractivity contribution in [3.63, 3.8) is 0 Å². The first-order valence-electron chi connectivity index (χ1n) is 8.08. The van der Waals surface area contributed by atoms with Gasteiger partial charge in [-0.1, -0.05) is 0 Å². The zero-order valence-electron chi connectivity index (χ0n) is 14.4. The Bertz CT molecular complexity index is 722. The number of aliphatic carboxylic acids is 1. The van der Waals surface area contributed by atoms with Gasteiger partial charge in [-0.2, -0.15) is 0 Å². The van der Waals surface area contributed by atoms with E-state index in [0.717, 1.165) is 0 Å². The summed E-state index contributed by atoms with van der Waals surface area (Å²) in [7, 11) is 0. The Hall–Kier alpha value is -2.97. The van der Waals surface area contributed by atoms with Crippen molar-refractivity contribution in [2.24, 2.45) is 5.92 Å². The normalized spacial score (nSPS) is 19.0. The molecule has 1 saturated heterocycles. The standard InChI is InChI=1S/C17H20FN3O5/c1-9(15(23)20-10(2)17(25)26)19-16(24)11-7-14(22)21(8-11)13-5-3-12(18)4-6-13/h3-6,9-11H,7-8H2,1-2H3,(H,19,24)(H,20,23)(H,25,26)/t9-,10-,11+/m0/s1. The van der Waals surface area contributed by atoms with Crippen LogP contribution in [0.2, 0.25) is 0 Å². The number of halogens is 1. The smallest absolute Gasteiger partial charge is 0.325 e. The van der Waals surface area contributed by atoms with Gasteiger partial charge in [0.2, 0.25) is 17.7 Å². The van der Waals surface area contributed by atoms with Crippen LogP contribution in [0, 0.1) is 11.7 Å². The summed E-state index contributed by atoms with van der Waals surface area (Å²) in [6, 6.07) is 3.34. The minimum atomic E-state index is -1.19. The molecule has 1 aromatic carbocycles. The van der Waals surface area contributed by atoms with Crippen LogP contribution in [-0.4, -0.2) is 47.4 Å². The van der Waals surface area contributed by atoms with Gasteiger partial charge in [-0.25, -0.2) is 4.39 Å². The monoisotopic (exact) mass is 365 g/mol. The van der Waals surface area contributed by atoms with Gasteiger partial charge in [0.25, 0.3) is 0 Å². The number of benzene rings is 1. The summed E-state index contributed by atoms with van der Waals surface area (Å²) in [4.78, 5) is 48.5. The Labute approximate surface area is 149 Å². The molecule has 0 aromatic heterocycles. The van der Waals surface area contributed by atoms with Crippen molar-refractivity contribution < 1.29 is 28.7 Å². The Morgan fingerprint density at radius 3 is 2.35 bits per heavy atom. The van der Waals surface area contributed by atoms with E-state index in [1.54, 1.807) is 0 Å². The highest BCUT2D eigenvalue weighted by atomic mass is 19.1. The summed E-state index contributed by atoms with van der Waals surface area (Å²) >= 11 is 0. The number of nitrogens with zero attached hydrogens (tertiary/aromatic N) is 1. The lowest BCUT2D eigenvalue weighted by Crippen LogP contribution is -2.50. The van der Waals surface area contributed by atoms with E-state index in [9.17, 15) is 23.6 Å². The van der Waals surface area contributed by atoms with E-state index in [1.807, 2.05) is 0 Å². The SMILES string of the molecule is C[C@H](NC(=O)[C@H](C)NC(=O)[C@@H]1CC(=O)N(c2ccc(F)cc2)C1)C(=O)O. The number of hydrogen-bond acceptors (Lipinski definition) is 4. The minimum Gasteiger partial charge on any atom is -0.480 e. The molecule has 0 bridgehead atoms. The number of nitrogens with one attached hydrogen (secondary N) is 2. The third-order valence-electron chi connectivity index (χ3n) is 4.12. The molecule has 0 saturated carbocycles. The van der Waals surface area contributed by atoms with Crippen molar-refractivity contribution in [3.8, 4) is 0 Å². The topological polar surface area (TPSA) is 116 Å². The summed E-state index contributed by atoms with van der Waals surface area (Å²) < 4.78 is 13.0. The van der Waals surface area contributed by atoms with E-state index in [0.29, 0.717) is 5.69 Å². The molecule has 140 valence electrons. The van der Waals surface area contributed by atoms with Crippen molar-refractivity contribution in [2.45, 2.75) is 32.4 Å². The minimum absolute atomic E-state index is 0.0247. The van der Waals surface area contributed by atoms with Crippen molar-refractivity contribution >= 4 is 29.4 Å². The fraction of sp³-hybridized carbons (Fsp3) is 0.412. The van der Waals surface area contributed by atoms with Crippen molar-refractivity contribution in [3.05, 3.63) is 30.1 Å². The summed E-state index contributed by atoms with van der Waals surface area (Å²) in [5.41, 5.74) is 0.493. The molecule has 0 unspecified atom stereocenters. The molecule has 8 nitrogen and oxygen atoms in total. The molecule has 1 aromatic rings. The molecule has 3 amide bonds. The van der Waals surface area contributed by atoms with E-state index >= 15 is 0 Å². The lowest BCUT2D eigenvalue weighted by molar-refractivity contribution is -0.141. The third-order valence-corrected chi connectivity index (χ3v) is 4.12. The van der Waals surface area contributed by atoms with Crippen LogP contribution in [0.4, 0.5) is 10.1 Å². The van der Waals surface area contributed by atoms with Gasteiger partial charge in [0.05, 0.1) is 5.92 Å².